The van der Waals surface area contributed by atoms with Crippen molar-refractivity contribution in [1.82, 2.24) is 5.32 Å². The van der Waals surface area contributed by atoms with Gasteiger partial charge in [0.1, 0.15) is 11.9 Å². The maximum atomic E-state index is 12.4. The highest BCUT2D eigenvalue weighted by molar-refractivity contribution is 5.97. The summed E-state index contributed by atoms with van der Waals surface area (Å²) in [5.41, 5.74) is 3.77. The smallest absolute Gasteiger partial charge is 0.251 e. The van der Waals surface area contributed by atoms with E-state index in [0.717, 1.165) is 29.8 Å². The third-order valence-corrected chi connectivity index (χ3v) is 4.82. The van der Waals surface area contributed by atoms with Crippen molar-refractivity contribution in [2.75, 3.05) is 18.0 Å². The number of para-hydroxylation sites is 1. The minimum atomic E-state index is -0.108. The molecule has 2 amide bonds. The summed E-state index contributed by atoms with van der Waals surface area (Å²) in [7, 11) is 0. The Hall–Kier alpha value is -2.82. The summed E-state index contributed by atoms with van der Waals surface area (Å²) in [5.74, 6) is 0.834. The van der Waals surface area contributed by atoms with Crippen LogP contribution in [0.5, 0.6) is 5.75 Å². The quantitative estimate of drug-likeness (QED) is 0.936. The number of hydrogen-bond donors (Lipinski definition) is 1. The Balaban J connectivity index is 1.39. The van der Waals surface area contributed by atoms with Crippen molar-refractivity contribution in [2.45, 2.75) is 25.9 Å². The highest BCUT2D eigenvalue weighted by atomic mass is 16.5. The first-order chi connectivity index (χ1) is 12.1. The second kappa shape index (κ2) is 6.24. The molecule has 2 aromatic rings. The maximum Gasteiger partial charge on any atom is 0.251 e. The molecule has 0 bridgehead atoms. The number of benzene rings is 2. The number of nitrogens with one attached hydrogen (secondary N) is 1. The van der Waals surface area contributed by atoms with Gasteiger partial charge in [0.25, 0.3) is 5.91 Å². The number of hydrogen-bond acceptors (Lipinski definition) is 3. The van der Waals surface area contributed by atoms with Crippen molar-refractivity contribution >= 4 is 17.5 Å². The van der Waals surface area contributed by atoms with Crippen molar-refractivity contribution in [2.24, 2.45) is 0 Å². The van der Waals surface area contributed by atoms with Crippen LogP contribution < -0.4 is 15.0 Å². The van der Waals surface area contributed by atoms with E-state index in [0.29, 0.717) is 18.7 Å². The topological polar surface area (TPSA) is 58.6 Å². The van der Waals surface area contributed by atoms with Gasteiger partial charge in [-0.2, -0.15) is 0 Å². The van der Waals surface area contributed by atoms with Gasteiger partial charge in [-0.25, -0.2) is 0 Å². The molecule has 2 aliphatic heterocycles. The fraction of sp³-hybridized carbons (Fsp3) is 0.300. The Bertz CT molecular complexity index is 822. The molecular weight excluding hydrogens is 316 g/mol. The summed E-state index contributed by atoms with van der Waals surface area (Å²) < 4.78 is 5.85. The molecule has 0 aliphatic carbocycles. The summed E-state index contributed by atoms with van der Waals surface area (Å²) in [6.07, 6.45) is 1.58. The molecule has 4 rings (SSSR count). The first-order valence-electron chi connectivity index (χ1n) is 8.55. The molecule has 2 aromatic carbocycles. The molecule has 2 heterocycles. The van der Waals surface area contributed by atoms with E-state index in [9.17, 15) is 9.59 Å². The van der Waals surface area contributed by atoms with Crippen molar-refractivity contribution in [3.8, 4) is 5.75 Å². The Morgan fingerprint density at radius 3 is 2.84 bits per heavy atom. The van der Waals surface area contributed by atoms with Crippen molar-refractivity contribution in [1.29, 1.82) is 0 Å². The van der Waals surface area contributed by atoms with Crippen LogP contribution >= 0.6 is 0 Å². The van der Waals surface area contributed by atoms with Gasteiger partial charge in [0.15, 0.2) is 0 Å². The highest BCUT2D eigenvalue weighted by Gasteiger charge is 2.25. The van der Waals surface area contributed by atoms with Crippen LogP contribution in [0.25, 0.3) is 0 Å². The van der Waals surface area contributed by atoms with Gasteiger partial charge >= 0.3 is 0 Å². The molecule has 0 saturated carbocycles. The monoisotopic (exact) mass is 336 g/mol. The predicted octanol–water partition coefficient (Wildman–Crippen LogP) is 2.33. The zero-order valence-corrected chi connectivity index (χ0v) is 14.1. The number of ether oxygens (including phenoxy) is 1. The molecule has 5 nitrogen and oxygen atoms in total. The zero-order valence-electron chi connectivity index (χ0n) is 14.1. The van der Waals surface area contributed by atoms with Gasteiger partial charge in [0, 0.05) is 31.1 Å². The molecular formula is C20H20N2O3. The number of fused-ring (bicyclic) bond motifs is 2. The van der Waals surface area contributed by atoms with E-state index in [4.69, 9.17) is 4.74 Å². The Labute approximate surface area is 146 Å². The predicted molar refractivity (Wildman–Crippen MR) is 95.1 cm³/mol. The third-order valence-electron chi connectivity index (χ3n) is 4.82. The van der Waals surface area contributed by atoms with Gasteiger partial charge in [0.05, 0.1) is 6.54 Å². The van der Waals surface area contributed by atoms with Gasteiger partial charge in [0.2, 0.25) is 5.91 Å². The first kappa shape index (κ1) is 15.7. The molecule has 0 aromatic heterocycles. The zero-order chi connectivity index (χ0) is 17.4. The summed E-state index contributed by atoms with van der Waals surface area (Å²) in [4.78, 5) is 25.8. The van der Waals surface area contributed by atoms with Gasteiger partial charge in [-0.3, -0.25) is 9.59 Å². The summed E-state index contributed by atoms with van der Waals surface area (Å²) in [5, 5.41) is 2.96. The SMILES string of the molecule is CC(=O)N1CCc2cc(C(=O)NC[C@@H]3Cc4ccccc4O3)ccc21. The van der Waals surface area contributed by atoms with Gasteiger partial charge in [-0.05, 0) is 41.8 Å². The second-order valence-corrected chi connectivity index (χ2v) is 6.53. The molecule has 0 fully saturated rings. The average molecular weight is 336 g/mol. The van der Waals surface area contributed by atoms with Crippen LogP contribution in [0, 0.1) is 0 Å². The minimum Gasteiger partial charge on any atom is -0.488 e. The number of carbonyl (C=O) groups excluding carboxylic acids is 2. The van der Waals surface area contributed by atoms with Crippen LogP contribution in [-0.4, -0.2) is 31.0 Å². The minimum absolute atomic E-state index is 0.0241. The summed E-state index contributed by atoms with van der Waals surface area (Å²) >= 11 is 0. The Kier molecular flexibility index (Phi) is 3.92. The normalized spacial score (nSPS) is 17.6. The van der Waals surface area contributed by atoms with Crippen LogP contribution in [0.1, 0.15) is 28.4 Å². The lowest BCUT2D eigenvalue weighted by Gasteiger charge is -2.15. The third kappa shape index (κ3) is 2.97. The van der Waals surface area contributed by atoms with E-state index in [1.165, 1.54) is 5.56 Å². The molecule has 2 aliphatic rings. The number of amides is 2. The number of anilines is 1. The number of rotatable bonds is 3. The van der Waals surface area contributed by atoms with E-state index < -0.39 is 0 Å². The van der Waals surface area contributed by atoms with Gasteiger partial charge in [-0.15, -0.1) is 0 Å². The van der Waals surface area contributed by atoms with E-state index in [1.54, 1.807) is 17.9 Å². The molecule has 0 saturated heterocycles. The average Bonchev–Trinajstić information content (AvgIpc) is 3.22. The fourth-order valence-corrected chi connectivity index (χ4v) is 3.55. The first-order valence-corrected chi connectivity index (χ1v) is 8.55. The lowest BCUT2D eigenvalue weighted by molar-refractivity contribution is -0.116. The van der Waals surface area contributed by atoms with Crippen LogP contribution in [0.2, 0.25) is 0 Å². The van der Waals surface area contributed by atoms with E-state index in [2.05, 4.69) is 11.4 Å². The van der Waals surface area contributed by atoms with Crippen LogP contribution in [0.3, 0.4) is 0 Å². The second-order valence-electron chi connectivity index (χ2n) is 6.53. The Morgan fingerprint density at radius 1 is 1.20 bits per heavy atom. The van der Waals surface area contributed by atoms with E-state index in [-0.39, 0.29) is 17.9 Å². The van der Waals surface area contributed by atoms with E-state index in [1.807, 2.05) is 30.3 Å². The fourth-order valence-electron chi connectivity index (χ4n) is 3.55. The lowest BCUT2D eigenvalue weighted by Crippen LogP contribution is -2.34. The lowest BCUT2D eigenvalue weighted by atomic mass is 10.1. The van der Waals surface area contributed by atoms with E-state index >= 15 is 0 Å². The standard InChI is InChI=1S/C20H20N2O3/c1-13(23)22-9-8-14-10-16(6-7-18(14)22)20(24)21-12-17-11-15-4-2-3-5-19(15)25-17/h2-7,10,17H,8-9,11-12H2,1H3,(H,21,24)/t17-/m0/s1. The summed E-state index contributed by atoms with van der Waals surface area (Å²) in [6.45, 7) is 2.73. The molecule has 0 spiro atoms. The molecule has 0 unspecified atom stereocenters. The van der Waals surface area contributed by atoms with Gasteiger partial charge in [-0.1, -0.05) is 18.2 Å². The molecule has 25 heavy (non-hydrogen) atoms. The number of nitrogens with zero attached hydrogens (tertiary/aromatic N) is 1. The van der Waals surface area contributed by atoms with Crippen molar-refractivity contribution in [3.63, 3.8) is 0 Å². The molecule has 5 heteroatoms. The maximum absolute atomic E-state index is 12.4. The molecule has 0 radical (unpaired) electrons. The summed E-state index contributed by atoms with van der Waals surface area (Å²) in [6, 6.07) is 13.5. The van der Waals surface area contributed by atoms with Crippen LogP contribution in [-0.2, 0) is 17.6 Å². The largest absolute Gasteiger partial charge is 0.488 e. The molecule has 128 valence electrons. The Morgan fingerprint density at radius 2 is 2.04 bits per heavy atom. The van der Waals surface area contributed by atoms with Crippen molar-refractivity contribution in [3.05, 3.63) is 59.2 Å². The number of carbonyl (C=O) groups is 2. The van der Waals surface area contributed by atoms with Crippen LogP contribution in [0.15, 0.2) is 42.5 Å². The highest BCUT2D eigenvalue weighted by Crippen LogP contribution is 2.29. The molecule has 1 N–H and O–H groups in total. The van der Waals surface area contributed by atoms with Crippen LogP contribution in [0.4, 0.5) is 5.69 Å². The van der Waals surface area contributed by atoms with Gasteiger partial charge < -0.3 is 15.0 Å². The van der Waals surface area contributed by atoms with Crippen molar-refractivity contribution < 1.29 is 14.3 Å². The molecule has 1 atom stereocenters.